The van der Waals surface area contributed by atoms with Gasteiger partial charge in [0.1, 0.15) is 11.6 Å². The summed E-state index contributed by atoms with van der Waals surface area (Å²) in [6.07, 6.45) is -1.03. The summed E-state index contributed by atoms with van der Waals surface area (Å²) in [5.74, 6) is -1.06. The summed E-state index contributed by atoms with van der Waals surface area (Å²) in [4.78, 5) is 23.8. The van der Waals surface area contributed by atoms with Gasteiger partial charge in [-0.1, -0.05) is 24.3 Å². The quantitative estimate of drug-likeness (QED) is 0.815. The zero-order valence-electron chi connectivity index (χ0n) is 14.3. The molecular formula is C19H20FNO4. The van der Waals surface area contributed by atoms with Crippen LogP contribution in [0.2, 0.25) is 0 Å². The van der Waals surface area contributed by atoms with Crippen molar-refractivity contribution in [2.45, 2.75) is 26.9 Å². The van der Waals surface area contributed by atoms with Crippen molar-refractivity contribution in [2.24, 2.45) is 0 Å². The Labute approximate surface area is 145 Å². The first-order chi connectivity index (χ1) is 11.9. The van der Waals surface area contributed by atoms with E-state index in [0.29, 0.717) is 17.0 Å². The van der Waals surface area contributed by atoms with Crippen molar-refractivity contribution in [2.75, 3.05) is 11.9 Å². The number of amides is 1. The van der Waals surface area contributed by atoms with Crippen molar-refractivity contribution in [1.29, 1.82) is 0 Å². The summed E-state index contributed by atoms with van der Waals surface area (Å²) in [6.45, 7) is 4.62. The van der Waals surface area contributed by atoms with E-state index in [1.807, 2.05) is 19.1 Å². The van der Waals surface area contributed by atoms with Gasteiger partial charge in [-0.3, -0.25) is 4.79 Å². The van der Waals surface area contributed by atoms with E-state index in [0.717, 1.165) is 5.56 Å². The normalized spacial score (nSPS) is 11.5. The molecule has 1 unspecified atom stereocenters. The van der Waals surface area contributed by atoms with Gasteiger partial charge in [-0.05, 0) is 50.1 Å². The fraction of sp³-hybridized carbons (Fsp3) is 0.263. The monoisotopic (exact) mass is 345 g/mol. The third kappa shape index (κ3) is 5.31. The number of hydrogen-bond acceptors (Lipinski definition) is 4. The second-order valence-corrected chi connectivity index (χ2v) is 5.64. The molecule has 0 aromatic heterocycles. The molecule has 0 aliphatic heterocycles. The third-order valence-electron chi connectivity index (χ3n) is 3.56. The molecular weight excluding hydrogens is 325 g/mol. The van der Waals surface area contributed by atoms with Gasteiger partial charge < -0.3 is 14.8 Å². The van der Waals surface area contributed by atoms with Crippen LogP contribution in [0, 0.1) is 19.7 Å². The Hall–Kier alpha value is -2.89. The average Bonchev–Trinajstić information content (AvgIpc) is 2.57. The van der Waals surface area contributed by atoms with E-state index in [1.165, 1.54) is 13.0 Å². The Morgan fingerprint density at radius 3 is 2.52 bits per heavy atom. The summed E-state index contributed by atoms with van der Waals surface area (Å²) >= 11 is 0. The number of carbonyl (C=O) groups excluding carboxylic acids is 2. The number of aryl methyl sites for hydroxylation is 2. The maximum absolute atomic E-state index is 13.5. The average molecular weight is 345 g/mol. The van der Waals surface area contributed by atoms with E-state index < -0.39 is 23.8 Å². The van der Waals surface area contributed by atoms with Gasteiger partial charge in [-0.25, -0.2) is 9.18 Å². The Morgan fingerprint density at radius 1 is 1.12 bits per heavy atom. The van der Waals surface area contributed by atoms with Crippen LogP contribution in [0.1, 0.15) is 18.1 Å². The molecule has 0 saturated heterocycles. The lowest BCUT2D eigenvalue weighted by Crippen LogP contribution is -2.31. The molecule has 5 nitrogen and oxygen atoms in total. The minimum absolute atomic E-state index is 0.298. The van der Waals surface area contributed by atoms with Gasteiger partial charge in [0.15, 0.2) is 12.7 Å². The van der Waals surface area contributed by atoms with Crippen LogP contribution in [0.15, 0.2) is 42.5 Å². The Bertz CT molecular complexity index is 776. The summed E-state index contributed by atoms with van der Waals surface area (Å²) in [6, 6.07) is 11.6. The minimum atomic E-state index is -1.03. The van der Waals surface area contributed by atoms with Crippen LogP contribution in [0.4, 0.5) is 10.1 Å². The summed E-state index contributed by atoms with van der Waals surface area (Å²) < 4.78 is 23.9. The number of rotatable bonds is 6. The molecule has 6 heteroatoms. The highest BCUT2D eigenvalue weighted by molar-refractivity contribution is 5.95. The van der Waals surface area contributed by atoms with Crippen LogP contribution in [0.25, 0.3) is 0 Å². The summed E-state index contributed by atoms with van der Waals surface area (Å²) in [5, 5.41) is 2.50. The molecule has 25 heavy (non-hydrogen) atoms. The van der Waals surface area contributed by atoms with Crippen molar-refractivity contribution in [3.8, 4) is 5.75 Å². The number of nitrogens with one attached hydrogen (secondary N) is 1. The number of ether oxygens (including phenoxy) is 2. The zero-order chi connectivity index (χ0) is 18.4. The maximum Gasteiger partial charge on any atom is 0.344 e. The fourth-order valence-corrected chi connectivity index (χ4v) is 2.05. The van der Waals surface area contributed by atoms with E-state index in [9.17, 15) is 14.0 Å². The number of halogens is 1. The first-order valence-corrected chi connectivity index (χ1v) is 7.81. The first kappa shape index (κ1) is 18.4. The van der Waals surface area contributed by atoms with E-state index in [1.54, 1.807) is 31.2 Å². The number of hydrogen-bond donors (Lipinski definition) is 1. The lowest BCUT2D eigenvalue weighted by Gasteiger charge is -2.14. The molecule has 2 aromatic carbocycles. The molecule has 1 amide bonds. The highest BCUT2D eigenvalue weighted by atomic mass is 19.1. The van der Waals surface area contributed by atoms with Crippen LogP contribution in [-0.4, -0.2) is 24.6 Å². The number of para-hydroxylation sites is 1. The van der Waals surface area contributed by atoms with Gasteiger partial charge in [0.05, 0.1) is 0 Å². The van der Waals surface area contributed by atoms with E-state index >= 15 is 0 Å². The Balaban J connectivity index is 1.84. The molecule has 0 heterocycles. The standard InChI is InChI=1S/C19H20FNO4/c1-12-8-9-15(10-16(12)20)21-19(23)14(3)25-18(22)11-24-17-7-5-4-6-13(17)2/h4-10,14H,11H2,1-3H3,(H,21,23). The van der Waals surface area contributed by atoms with Crippen molar-refractivity contribution >= 4 is 17.6 Å². The molecule has 0 aliphatic carbocycles. The molecule has 0 fully saturated rings. The highest BCUT2D eigenvalue weighted by Crippen LogP contribution is 2.16. The molecule has 1 atom stereocenters. The predicted octanol–water partition coefficient (Wildman–Crippen LogP) is 3.39. The lowest BCUT2D eigenvalue weighted by atomic mass is 10.2. The molecule has 0 spiro atoms. The molecule has 0 bridgehead atoms. The lowest BCUT2D eigenvalue weighted by molar-refractivity contribution is -0.155. The number of carbonyl (C=O) groups is 2. The van der Waals surface area contributed by atoms with Gasteiger partial charge in [0.25, 0.3) is 5.91 Å². The van der Waals surface area contributed by atoms with E-state index in [4.69, 9.17) is 9.47 Å². The molecule has 0 radical (unpaired) electrons. The van der Waals surface area contributed by atoms with Gasteiger partial charge in [0, 0.05) is 5.69 Å². The van der Waals surface area contributed by atoms with Crippen LogP contribution in [-0.2, 0) is 14.3 Å². The van der Waals surface area contributed by atoms with E-state index in [-0.39, 0.29) is 6.61 Å². The molecule has 1 N–H and O–H groups in total. The molecule has 0 aliphatic rings. The SMILES string of the molecule is Cc1ccc(NC(=O)C(C)OC(=O)COc2ccccc2C)cc1F. The number of esters is 1. The Morgan fingerprint density at radius 2 is 1.84 bits per heavy atom. The predicted molar refractivity (Wildman–Crippen MR) is 92.0 cm³/mol. The first-order valence-electron chi connectivity index (χ1n) is 7.81. The van der Waals surface area contributed by atoms with Gasteiger partial charge in [0.2, 0.25) is 0 Å². The summed E-state index contributed by atoms with van der Waals surface area (Å²) in [7, 11) is 0. The Kier molecular flexibility index (Phi) is 6.11. The zero-order valence-corrected chi connectivity index (χ0v) is 14.3. The second-order valence-electron chi connectivity index (χ2n) is 5.64. The van der Waals surface area contributed by atoms with Gasteiger partial charge >= 0.3 is 5.97 Å². The molecule has 0 saturated carbocycles. The molecule has 2 rings (SSSR count). The molecule has 2 aromatic rings. The summed E-state index contributed by atoms with van der Waals surface area (Å²) in [5.41, 5.74) is 1.67. The van der Waals surface area contributed by atoms with Crippen LogP contribution in [0.3, 0.4) is 0 Å². The van der Waals surface area contributed by atoms with Crippen LogP contribution < -0.4 is 10.1 Å². The second kappa shape index (κ2) is 8.28. The minimum Gasteiger partial charge on any atom is -0.482 e. The fourth-order valence-electron chi connectivity index (χ4n) is 2.05. The van der Waals surface area contributed by atoms with E-state index in [2.05, 4.69) is 5.32 Å². The topological polar surface area (TPSA) is 64.6 Å². The number of benzene rings is 2. The highest BCUT2D eigenvalue weighted by Gasteiger charge is 2.18. The number of anilines is 1. The van der Waals surface area contributed by atoms with Gasteiger partial charge in [-0.15, -0.1) is 0 Å². The third-order valence-corrected chi connectivity index (χ3v) is 3.56. The van der Waals surface area contributed by atoms with Crippen molar-refractivity contribution < 1.29 is 23.5 Å². The van der Waals surface area contributed by atoms with Crippen molar-refractivity contribution in [1.82, 2.24) is 0 Å². The van der Waals surface area contributed by atoms with Gasteiger partial charge in [-0.2, -0.15) is 0 Å². The van der Waals surface area contributed by atoms with Crippen molar-refractivity contribution in [3.63, 3.8) is 0 Å². The maximum atomic E-state index is 13.5. The smallest absolute Gasteiger partial charge is 0.344 e. The van der Waals surface area contributed by atoms with Crippen LogP contribution in [0.5, 0.6) is 5.75 Å². The largest absolute Gasteiger partial charge is 0.482 e. The molecule has 132 valence electrons. The van der Waals surface area contributed by atoms with Crippen molar-refractivity contribution in [3.05, 3.63) is 59.4 Å². The van der Waals surface area contributed by atoms with Crippen LogP contribution >= 0.6 is 0 Å².